The topological polar surface area (TPSA) is 29.1 Å². The van der Waals surface area contributed by atoms with Gasteiger partial charge in [0.2, 0.25) is 5.91 Å². The van der Waals surface area contributed by atoms with Crippen LogP contribution in [0.15, 0.2) is 66.7 Å². The molecular formula is C20H18F3NO. The maximum Gasteiger partial charge on any atom is 0.417 e. The Morgan fingerprint density at radius 3 is 2.08 bits per heavy atom. The molecule has 0 unspecified atom stereocenters. The van der Waals surface area contributed by atoms with Crippen LogP contribution in [-0.4, -0.2) is 12.1 Å². The fourth-order valence-corrected chi connectivity index (χ4v) is 2.84. The van der Waals surface area contributed by atoms with E-state index in [-0.39, 0.29) is 17.5 Å². The number of allylic oxidation sites excluding steroid dienone is 1. The van der Waals surface area contributed by atoms with E-state index in [1.165, 1.54) is 24.3 Å². The molecule has 1 aliphatic rings. The average molecular weight is 345 g/mol. The lowest BCUT2D eigenvalue weighted by Gasteiger charge is -2.19. The summed E-state index contributed by atoms with van der Waals surface area (Å²) in [6.45, 7) is 0. The maximum atomic E-state index is 13.3. The van der Waals surface area contributed by atoms with E-state index >= 15 is 0 Å². The summed E-state index contributed by atoms with van der Waals surface area (Å²) in [5.41, 5.74) is -0.0407. The van der Waals surface area contributed by atoms with Crippen molar-refractivity contribution in [3.63, 3.8) is 0 Å². The van der Waals surface area contributed by atoms with Crippen molar-refractivity contribution in [2.45, 2.75) is 25.1 Å². The van der Waals surface area contributed by atoms with E-state index in [1.807, 2.05) is 30.3 Å². The molecule has 0 saturated heterocycles. The zero-order valence-electron chi connectivity index (χ0n) is 13.5. The second kappa shape index (κ2) is 7.13. The first-order chi connectivity index (χ1) is 11.9. The quantitative estimate of drug-likeness (QED) is 0.767. The molecular weight excluding hydrogens is 327 g/mol. The van der Waals surface area contributed by atoms with Crippen molar-refractivity contribution in [3.8, 4) is 0 Å². The van der Waals surface area contributed by atoms with E-state index in [2.05, 4.69) is 5.32 Å². The number of benzene rings is 2. The predicted molar refractivity (Wildman–Crippen MR) is 90.5 cm³/mol. The van der Waals surface area contributed by atoms with Crippen molar-refractivity contribution in [2.75, 3.05) is 0 Å². The molecule has 2 aromatic carbocycles. The third-order valence-corrected chi connectivity index (χ3v) is 4.22. The molecule has 1 N–H and O–H groups in total. The van der Waals surface area contributed by atoms with Crippen LogP contribution in [0.2, 0.25) is 0 Å². The van der Waals surface area contributed by atoms with Gasteiger partial charge in [-0.3, -0.25) is 4.79 Å². The molecule has 5 heteroatoms. The highest BCUT2D eigenvalue weighted by Gasteiger charge is 2.36. The van der Waals surface area contributed by atoms with Gasteiger partial charge in [-0.1, -0.05) is 60.7 Å². The van der Waals surface area contributed by atoms with Crippen LogP contribution in [-0.2, 0) is 4.79 Å². The smallest absolute Gasteiger partial charge is 0.345 e. The van der Waals surface area contributed by atoms with E-state index in [0.717, 1.165) is 18.4 Å². The molecule has 1 atom stereocenters. The molecule has 1 saturated carbocycles. The number of amides is 1. The van der Waals surface area contributed by atoms with Gasteiger partial charge in [-0.05, 0) is 29.9 Å². The molecule has 25 heavy (non-hydrogen) atoms. The molecule has 1 fully saturated rings. The van der Waals surface area contributed by atoms with Gasteiger partial charge in [0.1, 0.15) is 0 Å². The maximum absolute atomic E-state index is 13.3. The summed E-state index contributed by atoms with van der Waals surface area (Å²) in [6, 6.07) is 16.5. The minimum atomic E-state index is -4.60. The summed E-state index contributed by atoms with van der Waals surface area (Å²) >= 11 is 0. The lowest BCUT2D eigenvalue weighted by molar-refractivity contribution is -0.117. The highest BCUT2D eigenvalue weighted by molar-refractivity contribution is 5.96. The SMILES string of the molecule is O=C(/C=C(/c1ccccc1)C(F)(F)F)N[C@@H](c1ccccc1)C1CC1. The van der Waals surface area contributed by atoms with Crippen molar-refractivity contribution in [3.05, 3.63) is 77.9 Å². The van der Waals surface area contributed by atoms with Gasteiger partial charge in [-0.15, -0.1) is 0 Å². The largest absolute Gasteiger partial charge is 0.417 e. The zero-order chi connectivity index (χ0) is 17.9. The van der Waals surface area contributed by atoms with Crippen molar-refractivity contribution in [1.82, 2.24) is 5.32 Å². The number of nitrogens with one attached hydrogen (secondary N) is 1. The minimum absolute atomic E-state index is 0.0205. The van der Waals surface area contributed by atoms with Crippen molar-refractivity contribution in [1.29, 1.82) is 0 Å². The summed E-state index contributed by atoms with van der Waals surface area (Å²) in [4.78, 5) is 12.3. The number of carbonyl (C=O) groups is 1. The van der Waals surface area contributed by atoms with Gasteiger partial charge in [-0.25, -0.2) is 0 Å². The number of carbonyl (C=O) groups excluding carboxylic acids is 1. The normalized spacial score (nSPS) is 16.4. The van der Waals surface area contributed by atoms with Gasteiger partial charge in [0.05, 0.1) is 11.6 Å². The van der Waals surface area contributed by atoms with Gasteiger partial charge < -0.3 is 5.32 Å². The van der Waals surface area contributed by atoms with Crippen LogP contribution in [0.3, 0.4) is 0 Å². The van der Waals surface area contributed by atoms with E-state index in [4.69, 9.17) is 0 Å². The summed E-state index contributed by atoms with van der Waals surface area (Å²) in [7, 11) is 0. The average Bonchev–Trinajstić information content (AvgIpc) is 3.43. The van der Waals surface area contributed by atoms with Crippen LogP contribution in [0.4, 0.5) is 13.2 Å². The Bertz CT molecular complexity index is 750. The molecule has 0 aliphatic heterocycles. The fourth-order valence-electron chi connectivity index (χ4n) is 2.84. The van der Waals surface area contributed by atoms with E-state index in [1.54, 1.807) is 6.07 Å². The van der Waals surface area contributed by atoms with Crippen LogP contribution in [0.25, 0.3) is 5.57 Å². The van der Waals surface area contributed by atoms with Gasteiger partial charge in [0.15, 0.2) is 0 Å². The summed E-state index contributed by atoms with van der Waals surface area (Å²) in [5.74, 6) is -0.442. The van der Waals surface area contributed by atoms with Crippen molar-refractivity contribution in [2.24, 2.45) is 5.92 Å². The van der Waals surface area contributed by atoms with Crippen LogP contribution in [0, 0.1) is 5.92 Å². The summed E-state index contributed by atoms with van der Waals surface area (Å²) in [6.07, 6.45) is -2.00. The second-order valence-electron chi connectivity index (χ2n) is 6.16. The molecule has 0 spiro atoms. The third-order valence-electron chi connectivity index (χ3n) is 4.22. The Morgan fingerprint density at radius 1 is 1.00 bits per heavy atom. The van der Waals surface area contributed by atoms with Gasteiger partial charge in [-0.2, -0.15) is 13.2 Å². The Morgan fingerprint density at radius 2 is 1.56 bits per heavy atom. The second-order valence-corrected chi connectivity index (χ2v) is 6.16. The van der Waals surface area contributed by atoms with Gasteiger partial charge in [0.25, 0.3) is 0 Å². The fraction of sp³-hybridized carbons (Fsp3) is 0.250. The van der Waals surface area contributed by atoms with E-state index in [0.29, 0.717) is 6.08 Å². The highest BCUT2D eigenvalue weighted by Crippen LogP contribution is 2.41. The minimum Gasteiger partial charge on any atom is -0.345 e. The Hall–Kier alpha value is -2.56. The molecule has 1 aliphatic carbocycles. The number of hydrogen-bond acceptors (Lipinski definition) is 1. The van der Waals surface area contributed by atoms with E-state index in [9.17, 15) is 18.0 Å². The Balaban J connectivity index is 1.84. The number of alkyl halides is 3. The molecule has 2 aromatic rings. The first-order valence-electron chi connectivity index (χ1n) is 8.15. The molecule has 2 nitrogen and oxygen atoms in total. The highest BCUT2D eigenvalue weighted by atomic mass is 19.4. The van der Waals surface area contributed by atoms with Crippen molar-refractivity contribution >= 4 is 11.5 Å². The monoisotopic (exact) mass is 345 g/mol. The molecule has 0 radical (unpaired) electrons. The number of rotatable bonds is 5. The molecule has 1 amide bonds. The molecule has 0 bridgehead atoms. The molecule has 0 aromatic heterocycles. The van der Waals surface area contributed by atoms with Crippen LogP contribution in [0.1, 0.15) is 30.0 Å². The number of halogens is 3. The number of hydrogen-bond donors (Lipinski definition) is 1. The standard InChI is InChI=1S/C20H18F3NO/c21-20(22,23)17(14-7-3-1-4-8-14)13-18(25)24-19(16-11-12-16)15-9-5-2-6-10-15/h1-10,13,16,19H,11-12H2,(H,24,25)/b17-13-/t19-/m0/s1. The first kappa shape index (κ1) is 17.3. The van der Waals surface area contributed by atoms with Crippen LogP contribution >= 0.6 is 0 Å². The zero-order valence-corrected chi connectivity index (χ0v) is 13.5. The van der Waals surface area contributed by atoms with Crippen molar-refractivity contribution < 1.29 is 18.0 Å². The van der Waals surface area contributed by atoms with Gasteiger partial charge >= 0.3 is 6.18 Å². The van der Waals surface area contributed by atoms with Crippen LogP contribution < -0.4 is 5.32 Å². The summed E-state index contributed by atoms with van der Waals surface area (Å²) in [5, 5.41) is 2.75. The lowest BCUT2D eigenvalue weighted by Crippen LogP contribution is -2.29. The van der Waals surface area contributed by atoms with Gasteiger partial charge in [0, 0.05) is 6.08 Å². The third kappa shape index (κ3) is 4.50. The first-order valence-corrected chi connectivity index (χ1v) is 8.15. The lowest BCUT2D eigenvalue weighted by atomic mass is 10.0. The Kier molecular flexibility index (Phi) is 4.93. The predicted octanol–water partition coefficient (Wildman–Crippen LogP) is 4.90. The van der Waals surface area contributed by atoms with Crippen LogP contribution in [0.5, 0.6) is 0 Å². The Labute approximate surface area is 144 Å². The molecule has 3 rings (SSSR count). The summed E-state index contributed by atoms with van der Waals surface area (Å²) < 4.78 is 40.0. The molecule has 130 valence electrons. The van der Waals surface area contributed by atoms with E-state index < -0.39 is 17.7 Å². The molecule has 0 heterocycles.